The molecule has 0 aliphatic heterocycles. The van der Waals surface area contributed by atoms with E-state index in [0.29, 0.717) is 28.7 Å². The van der Waals surface area contributed by atoms with Crippen LogP contribution in [0, 0.1) is 24.7 Å². The molecule has 0 saturated heterocycles. The van der Waals surface area contributed by atoms with E-state index in [2.05, 4.69) is 47.8 Å². The SMILES string of the molecule is CCC1CC(C)CCC(C)(Nc2ccc(Nc3ncc4c(C)cc(=O)n(-c5cccc(NC(=O)C6CC6)c5)c4n3)c(OC)c2)C1. The summed E-state index contributed by atoms with van der Waals surface area (Å²) in [4.78, 5) is 35.1. The highest BCUT2D eigenvalue weighted by Gasteiger charge is 2.32. The number of amides is 1. The van der Waals surface area contributed by atoms with Crippen LogP contribution < -0.4 is 26.2 Å². The summed E-state index contributed by atoms with van der Waals surface area (Å²) in [5.41, 5.74) is 4.07. The molecule has 2 aliphatic rings. The number of ether oxygens (including phenoxy) is 1. The molecule has 1 amide bonds. The smallest absolute Gasteiger partial charge is 0.257 e. The lowest BCUT2D eigenvalue weighted by Gasteiger charge is -2.33. The molecule has 2 aromatic heterocycles. The van der Waals surface area contributed by atoms with Crippen molar-refractivity contribution in [2.24, 2.45) is 17.8 Å². The van der Waals surface area contributed by atoms with Gasteiger partial charge in [0.05, 0.1) is 18.5 Å². The van der Waals surface area contributed by atoms with Gasteiger partial charge in [-0.3, -0.25) is 14.2 Å². The second kappa shape index (κ2) is 12.5. The minimum absolute atomic E-state index is 0.0142. The van der Waals surface area contributed by atoms with Crippen molar-refractivity contribution in [3.05, 3.63) is 70.6 Å². The van der Waals surface area contributed by atoms with Crippen molar-refractivity contribution in [1.82, 2.24) is 14.5 Å². The Hall–Kier alpha value is -4.40. The number of aryl methyl sites for hydroxylation is 1. The van der Waals surface area contributed by atoms with E-state index in [1.54, 1.807) is 30.0 Å². The number of carbonyl (C=O) groups excluding carboxylic acids is 1. The molecule has 2 fully saturated rings. The Kier molecular flexibility index (Phi) is 8.53. The average molecular weight is 609 g/mol. The number of nitrogens with one attached hydrogen (secondary N) is 3. The molecule has 3 N–H and O–H groups in total. The van der Waals surface area contributed by atoms with Crippen LogP contribution >= 0.6 is 0 Å². The maximum absolute atomic E-state index is 13.4. The van der Waals surface area contributed by atoms with E-state index in [1.807, 2.05) is 37.3 Å². The standard InChI is InChI=1S/C36H44N6O3/c1-6-24-16-22(2)14-15-36(4,20-24)41-27-12-13-30(31(19-27)45-5)39-35-37-21-29-23(3)17-32(43)42(33(29)40-35)28-9-7-8-26(18-28)38-34(44)25-10-11-25/h7-9,12-13,17-19,21-22,24-25,41H,6,10-11,14-16,20H2,1-5H3,(H,38,44)(H,37,39,40). The first kappa shape index (κ1) is 30.6. The van der Waals surface area contributed by atoms with Crippen LogP contribution in [0.4, 0.5) is 23.0 Å². The van der Waals surface area contributed by atoms with Crippen LogP contribution in [0.2, 0.25) is 0 Å². The molecule has 0 spiro atoms. The molecule has 0 bridgehead atoms. The van der Waals surface area contributed by atoms with Crippen LogP contribution in [0.3, 0.4) is 0 Å². The van der Waals surface area contributed by atoms with Crippen LogP contribution in [0.1, 0.15) is 71.3 Å². The van der Waals surface area contributed by atoms with E-state index in [9.17, 15) is 9.59 Å². The highest BCUT2D eigenvalue weighted by molar-refractivity contribution is 5.94. The number of benzene rings is 2. The first-order chi connectivity index (χ1) is 21.6. The van der Waals surface area contributed by atoms with Gasteiger partial charge in [0.2, 0.25) is 11.9 Å². The van der Waals surface area contributed by atoms with Gasteiger partial charge in [-0.2, -0.15) is 4.98 Å². The third kappa shape index (κ3) is 6.82. The van der Waals surface area contributed by atoms with Gasteiger partial charge in [0, 0.05) is 46.5 Å². The highest BCUT2D eigenvalue weighted by Crippen LogP contribution is 2.39. The zero-order valence-electron chi connectivity index (χ0n) is 26.9. The minimum atomic E-state index is -0.213. The molecule has 236 valence electrons. The quantitative estimate of drug-likeness (QED) is 0.168. The topological polar surface area (TPSA) is 110 Å². The molecule has 4 aromatic rings. The maximum Gasteiger partial charge on any atom is 0.257 e. The van der Waals surface area contributed by atoms with Crippen LogP contribution in [0.25, 0.3) is 16.7 Å². The number of fused-ring (bicyclic) bond motifs is 1. The summed E-state index contributed by atoms with van der Waals surface area (Å²) in [5, 5.41) is 10.9. The van der Waals surface area contributed by atoms with Gasteiger partial charge in [0.15, 0.2) is 5.65 Å². The fraction of sp³-hybridized carbons (Fsp3) is 0.444. The third-order valence-electron chi connectivity index (χ3n) is 9.42. The molecule has 3 unspecified atom stereocenters. The number of pyridine rings is 1. The van der Waals surface area contributed by atoms with Gasteiger partial charge < -0.3 is 20.7 Å². The Morgan fingerprint density at radius 2 is 1.93 bits per heavy atom. The first-order valence-electron chi connectivity index (χ1n) is 16.2. The first-order valence-corrected chi connectivity index (χ1v) is 16.2. The van der Waals surface area contributed by atoms with Gasteiger partial charge in [-0.05, 0) is 100 Å². The van der Waals surface area contributed by atoms with E-state index >= 15 is 0 Å². The maximum atomic E-state index is 13.4. The molecule has 2 saturated carbocycles. The number of rotatable bonds is 9. The summed E-state index contributed by atoms with van der Waals surface area (Å²) in [6.07, 6.45) is 9.57. The van der Waals surface area contributed by atoms with Gasteiger partial charge in [-0.15, -0.1) is 0 Å². The molecular weight excluding hydrogens is 564 g/mol. The molecule has 2 aliphatic carbocycles. The fourth-order valence-corrected chi connectivity index (χ4v) is 6.72. The van der Waals surface area contributed by atoms with Crippen LogP contribution in [-0.4, -0.2) is 33.1 Å². The van der Waals surface area contributed by atoms with Gasteiger partial charge in [0.1, 0.15) is 5.75 Å². The normalized spacial score (nSPS) is 21.6. The Labute approximate surface area is 264 Å². The van der Waals surface area contributed by atoms with Crippen LogP contribution in [0.15, 0.2) is 59.5 Å². The number of carbonyl (C=O) groups is 1. The second-order valence-electron chi connectivity index (χ2n) is 13.3. The van der Waals surface area contributed by atoms with Crippen molar-refractivity contribution in [3.8, 4) is 11.4 Å². The molecule has 6 rings (SSSR count). The van der Waals surface area contributed by atoms with Crippen molar-refractivity contribution >= 4 is 40.0 Å². The number of anilines is 4. The van der Waals surface area contributed by atoms with Crippen LogP contribution in [-0.2, 0) is 4.79 Å². The lowest BCUT2D eigenvalue weighted by Crippen LogP contribution is -2.35. The number of hydrogen-bond donors (Lipinski definition) is 3. The monoisotopic (exact) mass is 608 g/mol. The number of nitrogens with zero attached hydrogens (tertiary/aromatic N) is 3. The number of methoxy groups -OCH3 is 1. The minimum Gasteiger partial charge on any atom is -0.494 e. The van der Waals surface area contributed by atoms with E-state index in [1.165, 1.54) is 19.3 Å². The Morgan fingerprint density at radius 1 is 1.11 bits per heavy atom. The van der Waals surface area contributed by atoms with Crippen LogP contribution in [0.5, 0.6) is 5.75 Å². The summed E-state index contributed by atoms with van der Waals surface area (Å²) < 4.78 is 7.36. The number of aromatic nitrogens is 3. The molecule has 9 heteroatoms. The van der Waals surface area contributed by atoms with E-state index in [0.717, 1.165) is 59.8 Å². The van der Waals surface area contributed by atoms with E-state index in [4.69, 9.17) is 9.72 Å². The van der Waals surface area contributed by atoms with Gasteiger partial charge >= 0.3 is 0 Å². The van der Waals surface area contributed by atoms with Crippen molar-refractivity contribution in [1.29, 1.82) is 0 Å². The van der Waals surface area contributed by atoms with E-state index in [-0.39, 0.29) is 22.9 Å². The zero-order valence-corrected chi connectivity index (χ0v) is 26.9. The summed E-state index contributed by atoms with van der Waals surface area (Å²) >= 11 is 0. The predicted octanol–water partition coefficient (Wildman–Crippen LogP) is 7.60. The van der Waals surface area contributed by atoms with Crippen molar-refractivity contribution < 1.29 is 9.53 Å². The molecule has 2 heterocycles. The fourth-order valence-electron chi connectivity index (χ4n) is 6.72. The molecule has 45 heavy (non-hydrogen) atoms. The summed E-state index contributed by atoms with van der Waals surface area (Å²) in [6, 6.07) is 14.9. The predicted molar refractivity (Wildman–Crippen MR) is 181 cm³/mol. The lowest BCUT2D eigenvalue weighted by molar-refractivity contribution is -0.117. The van der Waals surface area contributed by atoms with Gasteiger partial charge in [0.25, 0.3) is 5.56 Å². The van der Waals surface area contributed by atoms with Crippen molar-refractivity contribution in [2.45, 2.75) is 78.2 Å². The van der Waals surface area contributed by atoms with Gasteiger partial charge in [-0.25, -0.2) is 4.98 Å². The Bertz CT molecular complexity index is 1780. The van der Waals surface area contributed by atoms with Gasteiger partial charge in [-0.1, -0.05) is 26.3 Å². The second-order valence-corrected chi connectivity index (χ2v) is 13.3. The molecule has 9 nitrogen and oxygen atoms in total. The summed E-state index contributed by atoms with van der Waals surface area (Å²) in [6.45, 7) is 8.89. The summed E-state index contributed by atoms with van der Waals surface area (Å²) in [7, 11) is 1.66. The zero-order chi connectivity index (χ0) is 31.7. The van der Waals surface area contributed by atoms with Crippen molar-refractivity contribution in [2.75, 3.05) is 23.1 Å². The van der Waals surface area contributed by atoms with Crippen molar-refractivity contribution in [3.63, 3.8) is 0 Å². The third-order valence-corrected chi connectivity index (χ3v) is 9.42. The largest absolute Gasteiger partial charge is 0.494 e. The summed E-state index contributed by atoms with van der Waals surface area (Å²) in [5.74, 6) is 2.57. The molecule has 2 aromatic carbocycles. The highest BCUT2D eigenvalue weighted by atomic mass is 16.5. The molecule has 0 radical (unpaired) electrons. The Morgan fingerprint density at radius 3 is 2.69 bits per heavy atom. The number of hydrogen-bond acceptors (Lipinski definition) is 7. The molecular formula is C36H44N6O3. The average Bonchev–Trinajstić information content (AvgIpc) is 3.87. The van der Waals surface area contributed by atoms with E-state index < -0.39 is 0 Å². The lowest BCUT2D eigenvalue weighted by atomic mass is 9.85. The Balaban J connectivity index is 1.29. The molecule has 3 atom stereocenters.